The summed E-state index contributed by atoms with van der Waals surface area (Å²) >= 11 is 0. The Morgan fingerprint density at radius 1 is 0.978 bits per heavy atom. The van der Waals surface area contributed by atoms with Gasteiger partial charge in [-0.25, -0.2) is 0 Å². The van der Waals surface area contributed by atoms with E-state index in [1.807, 2.05) is 13.0 Å². The van der Waals surface area contributed by atoms with Crippen LogP contribution in [0.5, 0.6) is 0 Å². The first-order valence-electron chi connectivity index (χ1n) is 17.0. The van der Waals surface area contributed by atoms with E-state index in [-0.39, 0.29) is 55.3 Å². The molecule has 5 aliphatic rings. The lowest BCUT2D eigenvalue weighted by Gasteiger charge is -2.63. The topological polar surface area (TPSA) is 158 Å². The number of allylic oxidation sites excluding steroid dienone is 2. The summed E-state index contributed by atoms with van der Waals surface area (Å²) in [6.07, 6.45) is 2.81. The van der Waals surface area contributed by atoms with Crippen molar-refractivity contribution >= 4 is 0 Å². The highest BCUT2D eigenvalue weighted by Gasteiger charge is 2.72. The minimum atomic E-state index is -1.36. The zero-order valence-electron chi connectivity index (χ0n) is 28.1. The van der Waals surface area contributed by atoms with E-state index in [1.165, 1.54) is 14.2 Å². The summed E-state index contributed by atoms with van der Waals surface area (Å²) in [6, 6.07) is 0. The zero-order valence-corrected chi connectivity index (χ0v) is 28.1. The van der Waals surface area contributed by atoms with Crippen LogP contribution in [0.25, 0.3) is 0 Å². The van der Waals surface area contributed by atoms with Crippen molar-refractivity contribution in [1.82, 2.24) is 0 Å². The molecule has 17 atom stereocenters. The van der Waals surface area contributed by atoms with E-state index in [9.17, 15) is 30.6 Å². The van der Waals surface area contributed by atoms with Crippen molar-refractivity contribution in [1.29, 1.82) is 0 Å². The third-order valence-corrected chi connectivity index (χ3v) is 13.0. The number of rotatable bonds is 9. The highest BCUT2D eigenvalue weighted by atomic mass is 16.7. The molecule has 6 N–H and O–H groups in total. The van der Waals surface area contributed by atoms with Gasteiger partial charge in [0, 0.05) is 33.2 Å². The van der Waals surface area contributed by atoms with Crippen LogP contribution in [-0.4, -0.2) is 113 Å². The van der Waals surface area contributed by atoms with Crippen LogP contribution in [0, 0.1) is 46.3 Å². The highest BCUT2D eigenvalue weighted by Crippen LogP contribution is 2.69. The average Bonchev–Trinajstić information content (AvgIpc) is 3.21. The van der Waals surface area contributed by atoms with Gasteiger partial charge in [-0.3, -0.25) is 0 Å². The molecule has 0 bridgehead atoms. The Hall–Kier alpha value is -0.920. The summed E-state index contributed by atoms with van der Waals surface area (Å²) in [5, 5.41) is 67.4. The van der Waals surface area contributed by atoms with Crippen LogP contribution >= 0.6 is 0 Å². The maximum Gasteiger partial charge on any atom is 0.187 e. The molecule has 4 fully saturated rings. The van der Waals surface area contributed by atoms with Gasteiger partial charge in [0.05, 0.1) is 36.6 Å². The smallest absolute Gasteiger partial charge is 0.187 e. The van der Waals surface area contributed by atoms with E-state index in [2.05, 4.69) is 39.8 Å². The monoisotopic (exact) mass is 638 g/mol. The Labute approximate surface area is 268 Å². The van der Waals surface area contributed by atoms with Gasteiger partial charge >= 0.3 is 0 Å². The van der Waals surface area contributed by atoms with Crippen molar-refractivity contribution in [3.63, 3.8) is 0 Å². The van der Waals surface area contributed by atoms with Gasteiger partial charge in [-0.15, -0.1) is 0 Å². The Bertz CT molecular complexity index is 1100. The molecule has 10 nitrogen and oxygen atoms in total. The second-order valence-corrected chi connectivity index (χ2v) is 15.5. The lowest BCUT2D eigenvalue weighted by atomic mass is 9.43. The Kier molecular flexibility index (Phi) is 10.4. The number of aliphatic hydroxyl groups is 6. The van der Waals surface area contributed by atoms with Crippen molar-refractivity contribution in [3.8, 4) is 0 Å². The number of aliphatic hydroxyl groups excluding tert-OH is 5. The molecule has 45 heavy (non-hydrogen) atoms. The standard InChI is InChI=1S/C35H58O10/c1-18(20(3)16-36)8-9-19(2)26-27(39)28(40)31-34(26,5)13-11-25-33(4)12-10-21(14-22(33)23(37)15-35(25,31)41)45-32-30(43-7)29(42-6)24(38)17-44-32/h8-9,14,18-21,23-32,36-41H,10-13,15-17H2,1-7H3/b9-8+/t18-,19-,20-,21+,23-,24-,25-,26+,27-,28+,29+,30-,31-,32+,33+,34-,35+/m1/s1. The van der Waals surface area contributed by atoms with Gasteiger partial charge in [0.15, 0.2) is 6.29 Å². The molecule has 0 aromatic rings. The van der Waals surface area contributed by atoms with Crippen LogP contribution in [0.2, 0.25) is 0 Å². The third kappa shape index (κ3) is 5.79. The van der Waals surface area contributed by atoms with E-state index in [0.29, 0.717) is 19.3 Å². The van der Waals surface area contributed by atoms with Gasteiger partial charge in [-0.2, -0.15) is 0 Å². The van der Waals surface area contributed by atoms with E-state index >= 15 is 0 Å². The summed E-state index contributed by atoms with van der Waals surface area (Å²) in [5.41, 5.74) is -1.57. The van der Waals surface area contributed by atoms with Crippen molar-refractivity contribution in [2.24, 2.45) is 46.3 Å². The summed E-state index contributed by atoms with van der Waals surface area (Å²) in [5.74, 6) is -0.833. The fourth-order valence-electron chi connectivity index (χ4n) is 10.4. The lowest BCUT2D eigenvalue weighted by Crippen LogP contribution is -2.66. The van der Waals surface area contributed by atoms with Crippen LogP contribution in [0.1, 0.15) is 66.7 Å². The molecule has 0 aromatic heterocycles. The fraction of sp³-hybridized carbons (Fsp3) is 0.886. The molecule has 10 heteroatoms. The minimum Gasteiger partial charge on any atom is -0.396 e. The first-order chi connectivity index (χ1) is 21.2. The number of fused-ring (bicyclic) bond motifs is 5. The lowest BCUT2D eigenvalue weighted by molar-refractivity contribution is -0.289. The highest BCUT2D eigenvalue weighted by molar-refractivity contribution is 5.33. The average molecular weight is 639 g/mol. The van der Waals surface area contributed by atoms with Gasteiger partial charge in [0.25, 0.3) is 0 Å². The first-order valence-corrected chi connectivity index (χ1v) is 17.0. The fourth-order valence-corrected chi connectivity index (χ4v) is 10.4. The molecular formula is C35H58O10. The normalized spacial score (nSPS) is 50.3. The molecule has 0 aromatic carbocycles. The zero-order chi connectivity index (χ0) is 33.1. The molecule has 0 radical (unpaired) electrons. The van der Waals surface area contributed by atoms with E-state index in [0.717, 1.165) is 12.0 Å². The van der Waals surface area contributed by atoms with E-state index < -0.39 is 65.3 Å². The molecule has 1 saturated heterocycles. The predicted molar refractivity (Wildman–Crippen MR) is 167 cm³/mol. The maximum atomic E-state index is 12.7. The second kappa shape index (κ2) is 13.2. The SMILES string of the molecule is CO[C@@H]1[C@@H](OC)[C@H](O[C@@H]2C=C3[C@H](O)C[C@@]4(O)[C@@H]5[C@@H](O)[C@H](O)[C@H]([C@H](C)/C=C/[C@@H](C)[C@H](C)CO)[C@@]5(C)CC[C@@H]4[C@@]3(C)CC2)OC[C@H]1O. The predicted octanol–water partition coefficient (Wildman–Crippen LogP) is 2.18. The summed E-state index contributed by atoms with van der Waals surface area (Å²) in [4.78, 5) is 0. The van der Waals surface area contributed by atoms with Crippen molar-refractivity contribution in [2.45, 2.75) is 121 Å². The van der Waals surface area contributed by atoms with Crippen LogP contribution in [0.3, 0.4) is 0 Å². The van der Waals surface area contributed by atoms with Crippen LogP contribution < -0.4 is 0 Å². The molecule has 0 amide bonds. The molecule has 1 heterocycles. The molecule has 258 valence electrons. The van der Waals surface area contributed by atoms with Crippen molar-refractivity contribution < 1.29 is 49.6 Å². The van der Waals surface area contributed by atoms with Gasteiger partial charge in [-0.05, 0) is 71.7 Å². The summed E-state index contributed by atoms with van der Waals surface area (Å²) in [7, 11) is 3.05. The molecule has 4 aliphatic carbocycles. The molecule has 0 spiro atoms. The van der Waals surface area contributed by atoms with Gasteiger partial charge < -0.3 is 49.6 Å². The largest absolute Gasteiger partial charge is 0.396 e. The van der Waals surface area contributed by atoms with Gasteiger partial charge in [0.2, 0.25) is 0 Å². The van der Waals surface area contributed by atoms with Crippen molar-refractivity contribution in [3.05, 3.63) is 23.8 Å². The van der Waals surface area contributed by atoms with Crippen molar-refractivity contribution in [2.75, 3.05) is 27.4 Å². The number of hydrogen-bond donors (Lipinski definition) is 6. The van der Waals surface area contributed by atoms with E-state index in [4.69, 9.17) is 18.9 Å². The van der Waals surface area contributed by atoms with Crippen LogP contribution in [0.4, 0.5) is 0 Å². The maximum absolute atomic E-state index is 12.7. The van der Waals surface area contributed by atoms with Crippen LogP contribution in [0.15, 0.2) is 23.8 Å². The Balaban J connectivity index is 1.38. The second-order valence-electron chi connectivity index (χ2n) is 15.5. The molecule has 5 rings (SSSR count). The number of ether oxygens (including phenoxy) is 4. The molecule has 3 saturated carbocycles. The Morgan fingerprint density at radius 2 is 1.67 bits per heavy atom. The number of methoxy groups -OCH3 is 2. The summed E-state index contributed by atoms with van der Waals surface area (Å²) < 4.78 is 23.2. The van der Waals surface area contributed by atoms with Crippen LogP contribution in [-0.2, 0) is 18.9 Å². The Morgan fingerprint density at radius 3 is 2.31 bits per heavy atom. The quantitative estimate of drug-likeness (QED) is 0.207. The van der Waals surface area contributed by atoms with E-state index in [1.54, 1.807) is 0 Å². The molecular weight excluding hydrogens is 580 g/mol. The molecule has 0 unspecified atom stereocenters. The summed E-state index contributed by atoms with van der Waals surface area (Å²) in [6.45, 7) is 10.5. The first kappa shape index (κ1) is 35.4. The number of hydrogen-bond acceptors (Lipinski definition) is 10. The van der Waals surface area contributed by atoms with Gasteiger partial charge in [0.1, 0.15) is 18.3 Å². The molecule has 1 aliphatic heterocycles. The third-order valence-electron chi connectivity index (χ3n) is 13.0. The minimum absolute atomic E-state index is 0.0537. The van der Waals surface area contributed by atoms with Gasteiger partial charge in [-0.1, -0.05) is 52.8 Å².